The maximum absolute atomic E-state index is 10.8. The smallest absolute Gasteiger partial charge is 0.338 e. The standard InChI is InChI=1S/C12H11BrN2O2S2.C12H11ClN2O2S2.C12H12N2O3S2/c2*13-8-1-3-9(4-2-8)19-10-5-6-18-11(10)7-15(17)12(14)16;13-12(16)14(17)7-11-10(5-6-18-11)19-9-3-1-8(15)2-4-9/h2*1-6,17H,7H2,(H2,14,16);1-6,15,17H,7H2,(H2,13,16). The summed E-state index contributed by atoms with van der Waals surface area (Å²) in [5, 5.41) is 45.2. The predicted molar refractivity (Wildman–Crippen MR) is 230 cm³/mol. The van der Waals surface area contributed by atoms with Crippen LogP contribution in [0.5, 0.6) is 5.75 Å². The normalized spacial score (nSPS) is 10.4. The van der Waals surface area contributed by atoms with Crippen molar-refractivity contribution in [2.45, 2.75) is 49.0 Å². The van der Waals surface area contributed by atoms with Crippen LogP contribution in [0.3, 0.4) is 0 Å². The molecule has 10 N–H and O–H groups in total. The Kier molecular flexibility index (Phi) is 18.4. The molecule has 3 aromatic carbocycles. The summed E-state index contributed by atoms with van der Waals surface area (Å²) in [5.74, 6) is 0.213. The third kappa shape index (κ3) is 15.4. The minimum absolute atomic E-state index is 0.0629. The van der Waals surface area contributed by atoms with Gasteiger partial charge in [0.1, 0.15) is 5.75 Å². The van der Waals surface area contributed by atoms with Crippen LogP contribution in [0, 0.1) is 0 Å². The number of carbonyl (C=O) groups excluding carboxylic acids is 3. The number of benzene rings is 3. The number of nitrogens with zero attached hydrogens (tertiary/aromatic N) is 3. The second-order valence-corrected chi connectivity index (χ2v) is 18.7. The molecule has 300 valence electrons. The van der Waals surface area contributed by atoms with Gasteiger partial charge in [-0.2, -0.15) is 0 Å². The Hall–Kier alpha value is -3.93. The molecule has 0 atom stereocenters. The van der Waals surface area contributed by atoms with E-state index in [1.807, 2.05) is 82.9 Å². The lowest BCUT2D eigenvalue weighted by Gasteiger charge is -2.11. The summed E-state index contributed by atoms with van der Waals surface area (Å²) in [5.41, 5.74) is 15.0. The molecule has 13 nitrogen and oxygen atoms in total. The maximum atomic E-state index is 10.8. The molecular formula is C36H34BrClN6O7S6. The Morgan fingerprint density at radius 3 is 1.16 bits per heavy atom. The summed E-state index contributed by atoms with van der Waals surface area (Å²) in [6.45, 7) is 0.252. The molecule has 21 heteroatoms. The van der Waals surface area contributed by atoms with Gasteiger partial charge in [-0.3, -0.25) is 15.6 Å². The number of phenolic OH excluding ortho intramolecular Hbond substituents is 1. The molecule has 6 rings (SSSR count). The number of amides is 6. The molecule has 0 spiro atoms. The quantitative estimate of drug-likeness (QED) is 0.0454. The van der Waals surface area contributed by atoms with Gasteiger partial charge >= 0.3 is 18.1 Å². The average molecular weight is 970 g/mol. The van der Waals surface area contributed by atoms with Crippen molar-refractivity contribution in [1.29, 1.82) is 0 Å². The van der Waals surface area contributed by atoms with Gasteiger partial charge in [0, 0.05) is 53.5 Å². The highest BCUT2D eigenvalue weighted by molar-refractivity contribution is 9.10. The van der Waals surface area contributed by atoms with Crippen molar-refractivity contribution >= 4 is 115 Å². The van der Waals surface area contributed by atoms with Crippen molar-refractivity contribution in [3.05, 3.63) is 131 Å². The third-order valence-electron chi connectivity index (χ3n) is 6.90. The average Bonchev–Trinajstić information content (AvgIpc) is 3.93. The van der Waals surface area contributed by atoms with E-state index >= 15 is 0 Å². The minimum Gasteiger partial charge on any atom is -0.508 e. The second-order valence-electron chi connectivity index (χ2n) is 11.0. The minimum atomic E-state index is -0.881. The van der Waals surface area contributed by atoms with E-state index < -0.39 is 18.1 Å². The number of aromatic hydroxyl groups is 1. The van der Waals surface area contributed by atoms with E-state index in [4.69, 9.17) is 28.8 Å². The van der Waals surface area contributed by atoms with Gasteiger partial charge in [0.05, 0.1) is 19.6 Å². The Morgan fingerprint density at radius 2 is 0.842 bits per heavy atom. The van der Waals surface area contributed by atoms with E-state index in [-0.39, 0.29) is 25.4 Å². The van der Waals surface area contributed by atoms with E-state index in [0.29, 0.717) is 20.2 Å². The molecule has 0 unspecified atom stereocenters. The van der Waals surface area contributed by atoms with E-state index in [2.05, 4.69) is 15.9 Å². The first-order valence-corrected chi connectivity index (χ1v) is 22.2. The number of hydrogen-bond acceptors (Lipinski definition) is 13. The molecule has 6 aromatic rings. The predicted octanol–water partition coefficient (Wildman–Crippen LogP) is 10.6. The van der Waals surface area contributed by atoms with Crippen molar-refractivity contribution in [1.82, 2.24) is 15.2 Å². The first-order chi connectivity index (χ1) is 27.2. The van der Waals surface area contributed by atoms with Crippen molar-refractivity contribution < 1.29 is 35.1 Å². The molecule has 0 radical (unpaired) electrons. The summed E-state index contributed by atoms with van der Waals surface area (Å²) in [7, 11) is 0. The van der Waals surface area contributed by atoms with Gasteiger partial charge < -0.3 is 22.3 Å². The number of carbonyl (C=O) groups is 3. The first-order valence-electron chi connectivity index (χ1n) is 16.0. The molecule has 3 heterocycles. The Labute approximate surface area is 365 Å². The summed E-state index contributed by atoms with van der Waals surface area (Å²) in [6.07, 6.45) is 0. The van der Waals surface area contributed by atoms with Gasteiger partial charge in [-0.25, -0.2) is 29.6 Å². The highest BCUT2D eigenvalue weighted by atomic mass is 79.9. The summed E-state index contributed by atoms with van der Waals surface area (Å²) in [4.78, 5) is 41.1. The highest BCUT2D eigenvalue weighted by Gasteiger charge is 2.15. The maximum Gasteiger partial charge on any atom is 0.338 e. The van der Waals surface area contributed by atoms with Crippen LogP contribution in [-0.2, 0) is 19.6 Å². The van der Waals surface area contributed by atoms with Gasteiger partial charge in [-0.05, 0) is 107 Å². The summed E-state index contributed by atoms with van der Waals surface area (Å²) in [6, 6.07) is 25.4. The summed E-state index contributed by atoms with van der Waals surface area (Å²) < 4.78 is 1.03. The third-order valence-corrected chi connectivity index (χ3v) is 14.1. The zero-order valence-corrected chi connectivity index (χ0v) is 36.5. The molecule has 0 aliphatic carbocycles. The van der Waals surface area contributed by atoms with Crippen LogP contribution in [0.2, 0.25) is 5.02 Å². The van der Waals surface area contributed by atoms with E-state index in [9.17, 15) is 35.1 Å². The van der Waals surface area contributed by atoms with Gasteiger partial charge in [0.25, 0.3) is 0 Å². The Morgan fingerprint density at radius 1 is 0.544 bits per heavy atom. The number of urea groups is 3. The van der Waals surface area contributed by atoms with Crippen molar-refractivity contribution in [2.75, 3.05) is 0 Å². The second kappa shape index (κ2) is 22.9. The zero-order valence-electron chi connectivity index (χ0n) is 29.3. The number of phenols is 1. The van der Waals surface area contributed by atoms with Gasteiger partial charge in [-0.1, -0.05) is 62.8 Å². The number of hydroxylamine groups is 6. The highest BCUT2D eigenvalue weighted by Crippen LogP contribution is 2.37. The molecule has 0 bridgehead atoms. The molecule has 6 amide bonds. The number of thiophene rings is 3. The lowest BCUT2D eigenvalue weighted by atomic mass is 10.3. The largest absolute Gasteiger partial charge is 0.508 e. The lowest BCUT2D eigenvalue weighted by molar-refractivity contribution is -0.0467. The van der Waals surface area contributed by atoms with Crippen LogP contribution in [0.25, 0.3) is 0 Å². The Balaban J connectivity index is 0.000000189. The molecule has 0 saturated heterocycles. The monoisotopic (exact) mass is 968 g/mol. The molecule has 0 saturated carbocycles. The van der Waals surface area contributed by atoms with Crippen molar-refractivity contribution in [3.8, 4) is 5.75 Å². The van der Waals surface area contributed by atoms with E-state index in [1.165, 1.54) is 45.8 Å². The Bertz CT molecular complexity index is 1960. The van der Waals surface area contributed by atoms with Crippen LogP contribution >= 0.6 is 96.8 Å². The van der Waals surface area contributed by atoms with Gasteiger partial charge in [-0.15, -0.1) is 34.0 Å². The van der Waals surface area contributed by atoms with Crippen LogP contribution < -0.4 is 17.2 Å². The van der Waals surface area contributed by atoms with E-state index in [1.54, 1.807) is 47.8 Å². The molecule has 57 heavy (non-hydrogen) atoms. The fourth-order valence-corrected chi connectivity index (χ4v) is 10.4. The fraction of sp³-hybridized carbons (Fsp3) is 0.0833. The topological polar surface area (TPSA) is 220 Å². The number of rotatable bonds is 12. The molecular weight excluding hydrogens is 936 g/mol. The molecule has 0 fully saturated rings. The zero-order chi connectivity index (χ0) is 41.5. The molecule has 0 aliphatic rings. The lowest BCUT2D eigenvalue weighted by Crippen LogP contribution is -2.31. The van der Waals surface area contributed by atoms with Gasteiger partial charge in [0.2, 0.25) is 0 Å². The molecule has 3 aromatic heterocycles. The van der Waals surface area contributed by atoms with Crippen LogP contribution in [0.1, 0.15) is 14.6 Å². The van der Waals surface area contributed by atoms with Crippen LogP contribution in [-0.4, -0.2) is 54.0 Å². The summed E-state index contributed by atoms with van der Waals surface area (Å²) >= 11 is 18.2. The van der Waals surface area contributed by atoms with Crippen molar-refractivity contribution in [2.24, 2.45) is 17.2 Å². The van der Waals surface area contributed by atoms with Crippen molar-refractivity contribution in [3.63, 3.8) is 0 Å². The van der Waals surface area contributed by atoms with Crippen LogP contribution in [0.4, 0.5) is 14.4 Å². The number of nitrogens with two attached hydrogens (primary N) is 3. The van der Waals surface area contributed by atoms with Gasteiger partial charge in [0.15, 0.2) is 0 Å². The number of primary amides is 3. The van der Waals surface area contributed by atoms with Crippen LogP contribution in [0.15, 0.2) is 141 Å². The SMILES string of the molecule is NC(=O)N(O)Cc1sccc1Sc1ccc(Br)cc1.NC(=O)N(O)Cc1sccc1Sc1ccc(Cl)cc1.NC(=O)N(O)Cc1sccc1Sc1ccc(O)cc1. The number of halogens is 2. The first kappa shape index (κ1) is 45.8. The molecule has 0 aliphatic heterocycles. The fourth-order valence-electron chi connectivity index (χ4n) is 4.15. The number of hydrogen-bond donors (Lipinski definition) is 7. The van der Waals surface area contributed by atoms with E-state index in [0.717, 1.165) is 48.5 Å².